The standard InChI is InChI=1S/C23H29N3O3.C2HF3O2/c1-29-20-11-5-10-19(15-20)16-25-23(28)21-17-24-13-14-26(21)22(27)12-6-9-18-7-3-2-4-8-18;3-2(4,5)1(6)7/h2-5,7-8,10-11,15,21,24H,6,9,12-14,16-17H2,1H3,(H,25,28);(H,6,7)/t21-;/m1./s1. The van der Waals surface area contributed by atoms with Gasteiger partial charge in [0.1, 0.15) is 11.8 Å². The first-order chi connectivity index (χ1) is 17.1. The zero-order valence-corrected chi connectivity index (χ0v) is 19.9. The number of nitrogens with one attached hydrogen (secondary N) is 2. The van der Waals surface area contributed by atoms with Gasteiger partial charge >= 0.3 is 12.1 Å². The highest BCUT2D eigenvalue weighted by Crippen LogP contribution is 2.14. The van der Waals surface area contributed by atoms with Crippen molar-refractivity contribution in [2.24, 2.45) is 0 Å². The van der Waals surface area contributed by atoms with E-state index in [0.29, 0.717) is 32.6 Å². The lowest BCUT2D eigenvalue weighted by Gasteiger charge is -2.35. The summed E-state index contributed by atoms with van der Waals surface area (Å²) in [6, 6.07) is 17.3. The van der Waals surface area contributed by atoms with Crippen molar-refractivity contribution in [2.45, 2.75) is 38.0 Å². The van der Waals surface area contributed by atoms with Crippen LogP contribution in [-0.4, -0.2) is 66.8 Å². The predicted octanol–water partition coefficient (Wildman–Crippen LogP) is 2.77. The number of alkyl halides is 3. The Hall–Kier alpha value is -3.60. The Kier molecular flexibility index (Phi) is 11.2. The summed E-state index contributed by atoms with van der Waals surface area (Å²) in [4.78, 5) is 36.1. The molecule has 3 N–H and O–H groups in total. The Balaban J connectivity index is 0.000000572. The Labute approximate surface area is 207 Å². The fourth-order valence-electron chi connectivity index (χ4n) is 3.56. The van der Waals surface area contributed by atoms with E-state index in [9.17, 15) is 22.8 Å². The molecule has 11 heteroatoms. The first-order valence-corrected chi connectivity index (χ1v) is 11.4. The van der Waals surface area contributed by atoms with Crippen molar-refractivity contribution in [2.75, 3.05) is 26.7 Å². The van der Waals surface area contributed by atoms with Gasteiger partial charge in [-0.15, -0.1) is 0 Å². The maximum atomic E-state index is 12.8. The maximum absolute atomic E-state index is 12.8. The van der Waals surface area contributed by atoms with E-state index in [-0.39, 0.29) is 11.8 Å². The molecule has 0 saturated carbocycles. The summed E-state index contributed by atoms with van der Waals surface area (Å²) in [6.45, 7) is 2.16. The van der Waals surface area contributed by atoms with Crippen LogP contribution in [0.25, 0.3) is 0 Å². The van der Waals surface area contributed by atoms with E-state index in [1.54, 1.807) is 12.0 Å². The van der Waals surface area contributed by atoms with E-state index in [2.05, 4.69) is 22.8 Å². The molecule has 1 fully saturated rings. The summed E-state index contributed by atoms with van der Waals surface area (Å²) in [5.41, 5.74) is 2.19. The molecule has 196 valence electrons. The number of nitrogens with zero attached hydrogens (tertiary/aromatic N) is 1. The average Bonchev–Trinajstić information content (AvgIpc) is 2.87. The number of methoxy groups -OCH3 is 1. The zero-order valence-electron chi connectivity index (χ0n) is 19.9. The fourth-order valence-corrected chi connectivity index (χ4v) is 3.56. The van der Waals surface area contributed by atoms with E-state index >= 15 is 0 Å². The molecule has 36 heavy (non-hydrogen) atoms. The summed E-state index contributed by atoms with van der Waals surface area (Å²) in [5, 5.41) is 13.3. The van der Waals surface area contributed by atoms with Gasteiger partial charge in [-0.3, -0.25) is 9.59 Å². The molecule has 0 aliphatic carbocycles. The number of benzene rings is 2. The van der Waals surface area contributed by atoms with Crippen molar-refractivity contribution in [3.8, 4) is 5.75 Å². The van der Waals surface area contributed by atoms with Gasteiger partial charge in [-0.05, 0) is 36.1 Å². The van der Waals surface area contributed by atoms with Crippen LogP contribution in [0.1, 0.15) is 24.0 Å². The van der Waals surface area contributed by atoms with Crippen LogP contribution in [0.4, 0.5) is 13.2 Å². The molecule has 2 amide bonds. The first-order valence-electron chi connectivity index (χ1n) is 11.4. The number of carbonyl (C=O) groups excluding carboxylic acids is 2. The monoisotopic (exact) mass is 509 g/mol. The second-order valence-electron chi connectivity index (χ2n) is 8.02. The number of carboxylic acids is 1. The molecule has 0 unspecified atom stereocenters. The van der Waals surface area contributed by atoms with Crippen LogP contribution in [-0.2, 0) is 27.3 Å². The molecule has 0 aromatic heterocycles. The van der Waals surface area contributed by atoms with Crippen LogP contribution >= 0.6 is 0 Å². The number of hydrogen-bond donors (Lipinski definition) is 3. The largest absolute Gasteiger partial charge is 0.497 e. The number of carboxylic acid groups (broad SMARTS) is 1. The Morgan fingerprint density at radius 2 is 1.78 bits per heavy atom. The van der Waals surface area contributed by atoms with Crippen LogP contribution in [0, 0.1) is 0 Å². The SMILES string of the molecule is COc1cccc(CNC(=O)[C@H]2CNCCN2C(=O)CCCc2ccccc2)c1.O=C(O)C(F)(F)F. The lowest BCUT2D eigenvalue weighted by molar-refractivity contribution is -0.192. The van der Waals surface area contributed by atoms with E-state index in [1.165, 1.54) is 5.56 Å². The van der Waals surface area contributed by atoms with Crippen LogP contribution in [0.15, 0.2) is 54.6 Å². The van der Waals surface area contributed by atoms with Crippen molar-refractivity contribution < 1.29 is 37.4 Å². The number of aliphatic carboxylic acids is 1. The Morgan fingerprint density at radius 1 is 1.11 bits per heavy atom. The lowest BCUT2D eigenvalue weighted by Crippen LogP contribution is -2.59. The van der Waals surface area contributed by atoms with E-state index in [0.717, 1.165) is 24.2 Å². The lowest BCUT2D eigenvalue weighted by atomic mass is 10.1. The van der Waals surface area contributed by atoms with Gasteiger partial charge in [0.15, 0.2) is 0 Å². The molecule has 1 atom stereocenters. The number of halogens is 3. The highest BCUT2D eigenvalue weighted by Gasteiger charge is 2.38. The quantitative estimate of drug-likeness (QED) is 0.505. The molecule has 8 nitrogen and oxygen atoms in total. The Morgan fingerprint density at radius 3 is 2.42 bits per heavy atom. The number of hydrogen-bond acceptors (Lipinski definition) is 5. The second-order valence-corrected chi connectivity index (χ2v) is 8.02. The third-order valence-corrected chi connectivity index (χ3v) is 5.41. The summed E-state index contributed by atoms with van der Waals surface area (Å²) in [5.74, 6) is -2.08. The summed E-state index contributed by atoms with van der Waals surface area (Å²) in [6.07, 6.45) is -2.98. The minimum Gasteiger partial charge on any atom is -0.497 e. The predicted molar refractivity (Wildman–Crippen MR) is 126 cm³/mol. The molecule has 2 aromatic carbocycles. The summed E-state index contributed by atoms with van der Waals surface area (Å²) >= 11 is 0. The molecule has 3 rings (SSSR count). The third-order valence-electron chi connectivity index (χ3n) is 5.41. The van der Waals surface area contributed by atoms with Crippen molar-refractivity contribution >= 4 is 17.8 Å². The van der Waals surface area contributed by atoms with E-state index in [4.69, 9.17) is 14.6 Å². The number of ether oxygens (including phenoxy) is 1. The number of carbonyl (C=O) groups is 3. The van der Waals surface area contributed by atoms with Crippen molar-refractivity contribution in [1.82, 2.24) is 15.5 Å². The number of amides is 2. The van der Waals surface area contributed by atoms with Gasteiger partial charge in [-0.25, -0.2) is 4.79 Å². The number of rotatable bonds is 8. The summed E-state index contributed by atoms with van der Waals surface area (Å²) < 4.78 is 37.0. The molecule has 0 spiro atoms. The first kappa shape index (κ1) is 28.6. The highest BCUT2D eigenvalue weighted by atomic mass is 19.4. The molecular weight excluding hydrogens is 479 g/mol. The van der Waals surface area contributed by atoms with Gasteiger partial charge < -0.3 is 25.4 Å². The van der Waals surface area contributed by atoms with Crippen LogP contribution in [0.3, 0.4) is 0 Å². The normalized spacial score (nSPS) is 15.3. The van der Waals surface area contributed by atoms with Gasteiger partial charge in [-0.1, -0.05) is 42.5 Å². The third kappa shape index (κ3) is 9.57. The van der Waals surface area contributed by atoms with Crippen molar-refractivity contribution in [3.63, 3.8) is 0 Å². The highest BCUT2D eigenvalue weighted by molar-refractivity contribution is 5.88. The second kappa shape index (κ2) is 14.1. The van der Waals surface area contributed by atoms with Crippen molar-refractivity contribution in [1.29, 1.82) is 0 Å². The number of piperazine rings is 1. The maximum Gasteiger partial charge on any atom is 0.490 e. The molecule has 2 aromatic rings. The molecular formula is C25H30F3N3O5. The average molecular weight is 510 g/mol. The van der Waals surface area contributed by atoms with Gasteiger partial charge in [0.05, 0.1) is 7.11 Å². The minimum atomic E-state index is -5.08. The van der Waals surface area contributed by atoms with E-state index < -0.39 is 18.2 Å². The van der Waals surface area contributed by atoms with Gasteiger partial charge in [-0.2, -0.15) is 13.2 Å². The van der Waals surface area contributed by atoms with Crippen LogP contribution < -0.4 is 15.4 Å². The minimum absolute atomic E-state index is 0.0453. The van der Waals surface area contributed by atoms with Crippen LogP contribution in [0.5, 0.6) is 5.75 Å². The fraction of sp³-hybridized carbons (Fsp3) is 0.400. The van der Waals surface area contributed by atoms with Crippen LogP contribution in [0.2, 0.25) is 0 Å². The van der Waals surface area contributed by atoms with E-state index in [1.807, 2.05) is 42.5 Å². The molecule has 1 heterocycles. The van der Waals surface area contributed by atoms with Gasteiger partial charge in [0.2, 0.25) is 11.8 Å². The molecule has 1 saturated heterocycles. The Bertz CT molecular complexity index is 1000. The number of aryl methyl sites for hydroxylation is 1. The molecule has 1 aliphatic rings. The van der Waals surface area contributed by atoms with Gasteiger partial charge in [0, 0.05) is 32.6 Å². The zero-order chi connectivity index (χ0) is 26.6. The van der Waals surface area contributed by atoms with Gasteiger partial charge in [0.25, 0.3) is 0 Å². The van der Waals surface area contributed by atoms with Crippen molar-refractivity contribution in [3.05, 3.63) is 65.7 Å². The molecule has 0 bridgehead atoms. The smallest absolute Gasteiger partial charge is 0.490 e. The molecule has 0 radical (unpaired) electrons. The molecule has 1 aliphatic heterocycles. The summed E-state index contributed by atoms with van der Waals surface area (Å²) in [7, 11) is 1.62. The topological polar surface area (TPSA) is 108 Å².